The van der Waals surface area contributed by atoms with E-state index in [1.807, 2.05) is 5.38 Å². The quantitative estimate of drug-likeness (QED) is 0.852. The Hall–Kier alpha value is -2.19. The number of aromatic nitrogens is 1. The lowest BCUT2D eigenvalue weighted by Gasteiger charge is -2.01. The van der Waals surface area contributed by atoms with Crippen molar-refractivity contribution in [3.63, 3.8) is 0 Å². The number of thiophene rings is 1. The molecule has 2 amide bonds. The van der Waals surface area contributed by atoms with E-state index >= 15 is 0 Å². The van der Waals surface area contributed by atoms with Crippen LogP contribution in [-0.4, -0.2) is 30.7 Å². The summed E-state index contributed by atoms with van der Waals surface area (Å²) in [5.41, 5.74) is 6.35. The number of ether oxygens (including phenoxy) is 1. The summed E-state index contributed by atoms with van der Waals surface area (Å²) in [5, 5.41) is 9.78. The normalized spacial score (nSPS) is 10.4. The smallest absolute Gasteiger partial charge is 0.256 e. The predicted molar refractivity (Wildman–Crippen MR) is 68.8 cm³/mol. The van der Waals surface area contributed by atoms with E-state index in [9.17, 15) is 9.59 Å². The molecule has 8 heteroatoms. The first kappa shape index (κ1) is 13.2. The van der Waals surface area contributed by atoms with Gasteiger partial charge in [-0.25, -0.2) is 0 Å². The van der Waals surface area contributed by atoms with Crippen molar-refractivity contribution in [3.8, 4) is 11.3 Å². The second-order valence-corrected chi connectivity index (χ2v) is 4.37. The van der Waals surface area contributed by atoms with Crippen LogP contribution in [0.25, 0.3) is 11.3 Å². The molecule has 0 aromatic carbocycles. The van der Waals surface area contributed by atoms with Crippen LogP contribution in [0.15, 0.2) is 21.3 Å². The van der Waals surface area contributed by atoms with Gasteiger partial charge in [0, 0.05) is 18.1 Å². The molecule has 0 aliphatic carbocycles. The minimum atomic E-state index is -0.727. The molecule has 0 saturated carbocycles. The number of nitrogens with one attached hydrogen (secondary N) is 1. The van der Waals surface area contributed by atoms with Gasteiger partial charge in [0.25, 0.3) is 11.8 Å². The molecule has 0 atom stereocenters. The summed E-state index contributed by atoms with van der Waals surface area (Å²) in [5.74, 6) is -1.26. The maximum absolute atomic E-state index is 11.5. The van der Waals surface area contributed by atoms with E-state index in [1.165, 1.54) is 18.4 Å². The van der Waals surface area contributed by atoms with Crippen molar-refractivity contribution in [2.24, 2.45) is 5.73 Å². The molecular formula is C11H11N3O4S. The largest absolute Gasteiger partial charge is 0.375 e. The number of amides is 2. The van der Waals surface area contributed by atoms with Gasteiger partial charge in [0.05, 0.1) is 0 Å². The molecule has 0 radical (unpaired) electrons. The van der Waals surface area contributed by atoms with Gasteiger partial charge in [-0.1, -0.05) is 5.16 Å². The Morgan fingerprint density at radius 3 is 2.95 bits per heavy atom. The molecular weight excluding hydrogens is 270 g/mol. The molecule has 2 aromatic heterocycles. The number of nitrogens with zero attached hydrogens (tertiary/aromatic N) is 1. The van der Waals surface area contributed by atoms with Gasteiger partial charge in [0.2, 0.25) is 5.88 Å². The van der Waals surface area contributed by atoms with Gasteiger partial charge in [0.15, 0.2) is 0 Å². The van der Waals surface area contributed by atoms with Crippen LogP contribution in [0.3, 0.4) is 0 Å². The molecule has 0 aliphatic heterocycles. The number of primary amides is 1. The van der Waals surface area contributed by atoms with E-state index in [0.29, 0.717) is 11.3 Å². The fourth-order valence-electron chi connectivity index (χ4n) is 1.49. The Morgan fingerprint density at radius 1 is 1.58 bits per heavy atom. The van der Waals surface area contributed by atoms with Crippen LogP contribution in [0.2, 0.25) is 0 Å². The van der Waals surface area contributed by atoms with Gasteiger partial charge in [-0.2, -0.15) is 11.3 Å². The molecule has 100 valence electrons. The molecule has 0 aliphatic rings. The molecule has 2 aromatic rings. The molecule has 0 spiro atoms. The lowest BCUT2D eigenvalue weighted by Crippen LogP contribution is -2.20. The van der Waals surface area contributed by atoms with E-state index in [4.69, 9.17) is 10.3 Å². The fraction of sp³-hybridized carbons (Fsp3) is 0.182. The van der Waals surface area contributed by atoms with Crippen molar-refractivity contribution >= 4 is 29.0 Å². The highest BCUT2D eigenvalue weighted by Crippen LogP contribution is 2.29. The zero-order valence-corrected chi connectivity index (χ0v) is 10.8. The molecule has 0 bridgehead atoms. The third kappa shape index (κ3) is 2.80. The van der Waals surface area contributed by atoms with E-state index in [1.54, 1.807) is 11.4 Å². The first-order valence-electron chi connectivity index (χ1n) is 5.24. The van der Waals surface area contributed by atoms with E-state index in [-0.39, 0.29) is 18.1 Å². The number of carbonyl (C=O) groups excluding carboxylic acids is 2. The topological polar surface area (TPSA) is 107 Å². The van der Waals surface area contributed by atoms with Crippen LogP contribution < -0.4 is 11.1 Å². The Labute approximate surface area is 112 Å². The summed E-state index contributed by atoms with van der Waals surface area (Å²) in [6.45, 7) is -0.160. The van der Waals surface area contributed by atoms with Gasteiger partial charge in [0.1, 0.15) is 17.9 Å². The van der Waals surface area contributed by atoms with Crippen LogP contribution in [0, 0.1) is 0 Å². The molecule has 2 rings (SSSR count). The predicted octanol–water partition coefficient (Wildman–Crippen LogP) is 1.09. The highest BCUT2D eigenvalue weighted by molar-refractivity contribution is 7.08. The summed E-state index contributed by atoms with van der Waals surface area (Å²) in [6, 6.07) is 1.77. The third-order valence-corrected chi connectivity index (χ3v) is 2.94. The fourth-order valence-corrected chi connectivity index (χ4v) is 2.13. The van der Waals surface area contributed by atoms with Crippen molar-refractivity contribution < 1.29 is 18.8 Å². The summed E-state index contributed by atoms with van der Waals surface area (Å²) in [4.78, 5) is 22.9. The molecule has 0 saturated heterocycles. The zero-order chi connectivity index (χ0) is 13.8. The summed E-state index contributed by atoms with van der Waals surface area (Å²) < 4.78 is 9.63. The minimum absolute atomic E-state index is 0.0443. The van der Waals surface area contributed by atoms with Crippen LogP contribution in [-0.2, 0) is 9.53 Å². The van der Waals surface area contributed by atoms with Crippen LogP contribution in [0.1, 0.15) is 10.4 Å². The Kier molecular flexibility index (Phi) is 3.93. The van der Waals surface area contributed by atoms with Gasteiger partial charge in [-0.3, -0.25) is 14.9 Å². The highest BCUT2D eigenvalue weighted by atomic mass is 32.1. The molecule has 0 fully saturated rings. The van der Waals surface area contributed by atoms with Gasteiger partial charge < -0.3 is 15.0 Å². The number of nitrogens with two attached hydrogens (primary N) is 1. The maximum Gasteiger partial charge on any atom is 0.256 e. The molecule has 2 heterocycles. The molecule has 0 unspecified atom stereocenters. The Bertz CT molecular complexity index is 591. The Balaban J connectivity index is 2.35. The first-order valence-corrected chi connectivity index (χ1v) is 6.18. The number of hydrogen-bond acceptors (Lipinski definition) is 6. The molecule has 7 nitrogen and oxygen atoms in total. The molecule has 19 heavy (non-hydrogen) atoms. The van der Waals surface area contributed by atoms with Crippen molar-refractivity contribution in [1.29, 1.82) is 0 Å². The van der Waals surface area contributed by atoms with Crippen LogP contribution in [0.5, 0.6) is 0 Å². The average Bonchev–Trinajstić information content (AvgIpc) is 2.96. The van der Waals surface area contributed by atoms with Crippen LogP contribution in [0.4, 0.5) is 5.88 Å². The average molecular weight is 281 g/mol. The first-order chi connectivity index (χ1) is 9.13. The Morgan fingerprint density at radius 2 is 2.37 bits per heavy atom. The van der Waals surface area contributed by atoms with Gasteiger partial charge in [-0.15, -0.1) is 0 Å². The van der Waals surface area contributed by atoms with Gasteiger partial charge >= 0.3 is 0 Å². The second kappa shape index (κ2) is 5.63. The highest BCUT2D eigenvalue weighted by Gasteiger charge is 2.23. The molecule has 3 N–H and O–H groups in total. The van der Waals surface area contributed by atoms with Crippen molar-refractivity contribution in [2.45, 2.75) is 0 Å². The second-order valence-electron chi connectivity index (χ2n) is 3.59. The minimum Gasteiger partial charge on any atom is -0.375 e. The number of anilines is 1. The third-order valence-electron chi connectivity index (χ3n) is 2.26. The number of methoxy groups -OCH3 is 1. The number of rotatable bonds is 5. The number of hydrogen-bond donors (Lipinski definition) is 2. The van der Waals surface area contributed by atoms with Crippen molar-refractivity contribution in [2.75, 3.05) is 19.0 Å². The van der Waals surface area contributed by atoms with E-state index in [0.717, 1.165) is 0 Å². The van der Waals surface area contributed by atoms with Gasteiger partial charge in [-0.05, 0) is 11.4 Å². The summed E-state index contributed by atoms with van der Waals surface area (Å²) in [6.07, 6.45) is 0. The summed E-state index contributed by atoms with van der Waals surface area (Å²) >= 11 is 1.45. The van der Waals surface area contributed by atoms with Crippen LogP contribution >= 0.6 is 11.3 Å². The monoisotopic (exact) mass is 281 g/mol. The zero-order valence-electron chi connectivity index (χ0n) is 10.0. The van der Waals surface area contributed by atoms with E-state index in [2.05, 4.69) is 15.2 Å². The SMILES string of the molecule is COCC(=O)Nc1onc(-c2ccsc2)c1C(N)=O. The van der Waals surface area contributed by atoms with Crippen molar-refractivity contribution in [3.05, 3.63) is 22.4 Å². The van der Waals surface area contributed by atoms with Crippen molar-refractivity contribution in [1.82, 2.24) is 5.16 Å². The maximum atomic E-state index is 11.5. The lowest BCUT2D eigenvalue weighted by molar-refractivity contribution is -0.119. The summed E-state index contributed by atoms with van der Waals surface area (Å²) in [7, 11) is 1.38. The standard InChI is InChI=1S/C11H11N3O4S/c1-17-4-7(15)13-11-8(10(12)16)9(14-18-11)6-2-3-19-5-6/h2-3,5H,4H2,1H3,(H2,12,16)(H,13,15). The van der Waals surface area contributed by atoms with E-state index < -0.39 is 11.8 Å². The number of carbonyl (C=O) groups is 2. The lowest BCUT2D eigenvalue weighted by atomic mass is 10.1.